The van der Waals surface area contributed by atoms with Crippen molar-refractivity contribution >= 4 is 15.7 Å². The summed E-state index contributed by atoms with van der Waals surface area (Å²) in [4.78, 5) is 14.8. The summed E-state index contributed by atoms with van der Waals surface area (Å²) in [5, 5.41) is 2.93. The molecule has 2 heterocycles. The lowest BCUT2D eigenvalue weighted by Gasteiger charge is -2.44. The van der Waals surface area contributed by atoms with Gasteiger partial charge in [0.2, 0.25) is 5.91 Å². The van der Waals surface area contributed by atoms with E-state index < -0.39 is 9.84 Å². The number of nitrogens with one attached hydrogen (secondary N) is 1. The van der Waals surface area contributed by atoms with E-state index in [4.69, 9.17) is 0 Å². The van der Waals surface area contributed by atoms with Crippen molar-refractivity contribution in [1.82, 2.24) is 10.2 Å². The Balaban J connectivity index is 1.42. The molecule has 1 N–H and O–H groups in total. The highest BCUT2D eigenvalue weighted by molar-refractivity contribution is 7.91. The van der Waals surface area contributed by atoms with Crippen LogP contribution in [0.15, 0.2) is 60.7 Å². The van der Waals surface area contributed by atoms with E-state index in [1.54, 1.807) is 0 Å². The van der Waals surface area contributed by atoms with Crippen molar-refractivity contribution in [2.75, 3.05) is 24.6 Å². The number of nitrogens with zero attached hydrogens (tertiary/aromatic N) is 1. The Labute approximate surface area is 160 Å². The first-order chi connectivity index (χ1) is 13.0. The fourth-order valence-corrected chi connectivity index (χ4v) is 5.68. The fraction of sp³-hybridized carbons (Fsp3) is 0.381. The molecule has 6 heteroatoms. The van der Waals surface area contributed by atoms with Crippen molar-refractivity contribution in [2.24, 2.45) is 5.92 Å². The van der Waals surface area contributed by atoms with E-state index >= 15 is 0 Å². The Hall–Kier alpha value is -2.18. The monoisotopic (exact) mass is 384 g/mol. The highest BCUT2D eigenvalue weighted by Crippen LogP contribution is 2.34. The van der Waals surface area contributed by atoms with E-state index in [0.717, 1.165) is 0 Å². The van der Waals surface area contributed by atoms with Gasteiger partial charge in [-0.25, -0.2) is 8.42 Å². The molecular formula is C21H24N2O3S. The Morgan fingerprint density at radius 3 is 2.00 bits per heavy atom. The summed E-state index contributed by atoms with van der Waals surface area (Å²) in [6, 6.07) is 20.5. The van der Waals surface area contributed by atoms with E-state index in [1.807, 2.05) is 36.4 Å². The van der Waals surface area contributed by atoms with Crippen LogP contribution in [0.4, 0.5) is 0 Å². The van der Waals surface area contributed by atoms with Gasteiger partial charge in [-0.05, 0) is 17.5 Å². The second kappa shape index (κ2) is 7.44. The summed E-state index contributed by atoms with van der Waals surface area (Å²) in [5.41, 5.74) is 2.42. The molecular weight excluding hydrogens is 360 g/mol. The molecule has 5 nitrogen and oxygen atoms in total. The van der Waals surface area contributed by atoms with Crippen LogP contribution in [0.25, 0.3) is 0 Å². The Kier molecular flexibility index (Phi) is 5.02. The van der Waals surface area contributed by atoms with Gasteiger partial charge in [-0.15, -0.1) is 0 Å². The maximum absolute atomic E-state index is 12.5. The van der Waals surface area contributed by atoms with Crippen molar-refractivity contribution < 1.29 is 13.2 Å². The van der Waals surface area contributed by atoms with Crippen LogP contribution in [-0.4, -0.2) is 49.9 Å². The molecule has 2 fully saturated rings. The average molecular weight is 385 g/mol. The van der Waals surface area contributed by atoms with Crippen LogP contribution in [-0.2, 0) is 14.6 Å². The normalized spacial score (nSPS) is 22.5. The van der Waals surface area contributed by atoms with Crippen LogP contribution in [0.1, 0.15) is 23.6 Å². The third-order valence-electron chi connectivity index (χ3n) is 5.46. The molecule has 0 aliphatic carbocycles. The molecule has 0 radical (unpaired) electrons. The standard InChI is InChI=1S/C21H24N2O3S/c24-21(22-19-11-12-27(25,26)15-19)18-13-23(14-18)20(16-7-3-1-4-8-16)17-9-5-2-6-10-17/h1-10,18-20H,11-15H2,(H,22,24)/t19-/m1/s1. The topological polar surface area (TPSA) is 66.5 Å². The van der Waals surface area contributed by atoms with E-state index in [1.165, 1.54) is 11.1 Å². The SMILES string of the molecule is O=C(N[C@@H]1CCS(=O)(=O)C1)C1CN(C(c2ccccc2)c2ccccc2)C1. The fourth-order valence-electron chi connectivity index (χ4n) is 4.00. The molecule has 2 aliphatic heterocycles. The zero-order valence-corrected chi connectivity index (χ0v) is 15.9. The molecule has 27 heavy (non-hydrogen) atoms. The number of likely N-dealkylation sites (tertiary alicyclic amines) is 1. The summed E-state index contributed by atoms with van der Waals surface area (Å²) < 4.78 is 23.1. The molecule has 4 rings (SSSR count). The van der Waals surface area contributed by atoms with Gasteiger partial charge in [0, 0.05) is 19.1 Å². The molecule has 0 aromatic heterocycles. The maximum Gasteiger partial charge on any atom is 0.225 e. The number of hydrogen-bond donors (Lipinski definition) is 1. The number of amides is 1. The Morgan fingerprint density at radius 1 is 0.963 bits per heavy atom. The average Bonchev–Trinajstić information content (AvgIpc) is 2.97. The molecule has 0 bridgehead atoms. The van der Waals surface area contributed by atoms with Gasteiger partial charge in [-0.3, -0.25) is 9.69 Å². The highest BCUT2D eigenvalue weighted by Gasteiger charge is 2.39. The van der Waals surface area contributed by atoms with Crippen LogP contribution in [0.5, 0.6) is 0 Å². The first-order valence-electron chi connectivity index (χ1n) is 9.36. The number of sulfone groups is 1. The lowest BCUT2D eigenvalue weighted by atomic mass is 9.89. The molecule has 1 amide bonds. The van der Waals surface area contributed by atoms with E-state index in [0.29, 0.717) is 19.5 Å². The highest BCUT2D eigenvalue weighted by atomic mass is 32.2. The van der Waals surface area contributed by atoms with Crippen LogP contribution < -0.4 is 5.32 Å². The first-order valence-corrected chi connectivity index (χ1v) is 11.2. The van der Waals surface area contributed by atoms with Crippen molar-refractivity contribution in [3.8, 4) is 0 Å². The zero-order chi connectivity index (χ0) is 18.9. The Morgan fingerprint density at radius 2 is 1.52 bits per heavy atom. The summed E-state index contributed by atoms with van der Waals surface area (Å²) in [7, 11) is -2.98. The number of rotatable bonds is 5. The molecule has 2 aromatic carbocycles. The van der Waals surface area contributed by atoms with Crippen molar-refractivity contribution in [2.45, 2.75) is 18.5 Å². The van der Waals surface area contributed by atoms with Gasteiger partial charge >= 0.3 is 0 Å². The molecule has 1 atom stereocenters. The second-order valence-electron chi connectivity index (χ2n) is 7.48. The lowest BCUT2D eigenvalue weighted by molar-refractivity contribution is -0.131. The smallest absolute Gasteiger partial charge is 0.225 e. The quantitative estimate of drug-likeness (QED) is 0.856. The first kappa shape index (κ1) is 18.2. The molecule has 0 saturated carbocycles. The lowest BCUT2D eigenvalue weighted by Crippen LogP contribution is -2.56. The van der Waals surface area contributed by atoms with Crippen molar-refractivity contribution in [3.05, 3.63) is 71.8 Å². The Bertz CT molecular complexity index is 854. The predicted octanol–water partition coefficient (Wildman–Crippen LogP) is 2.01. The molecule has 0 unspecified atom stereocenters. The molecule has 0 spiro atoms. The van der Waals surface area contributed by atoms with Crippen LogP contribution >= 0.6 is 0 Å². The third-order valence-corrected chi connectivity index (χ3v) is 7.22. The molecule has 2 aliphatic rings. The van der Waals surface area contributed by atoms with Crippen LogP contribution in [0, 0.1) is 5.92 Å². The minimum absolute atomic E-state index is 0.0202. The zero-order valence-electron chi connectivity index (χ0n) is 15.1. The molecule has 2 aromatic rings. The van der Waals surface area contributed by atoms with Crippen LogP contribution in [0.3, 0.4) is 0 Å². The van der Waals surface area contributed by atoms with Gasteiger partial charge in [0.15, 0.2) is 9.84 Å². The molecule has 2 saturated heterocycles. The van der Waals surface area contributed by atoms with Gasteiger partial charge in [0.1, 0.15) is 0 Å². The van der Waals surface area contributed by atoms with Crippen molar-refractivity contribution in [3.63, 3.8) is 0 Å². The third kappa shape index (κ3) is 4.06. The summed E-state index contributed by atoms with van der Waals surface area (Å²) in [6.45, 7) is 1.36. The minimum Gasteiger partial charge on any atom is -0.352 e. The van der Waals surface area contributed by atoms with Gasteiger partial charge in [-0.1, -0.05) is 60.7 Å². The largest absolute Gasteiger partial charge is 0.352 e. The number of hydrogen-bond acceptors (Lipinski definition) is 4. The maximum atomic E-state index is 12.5. The summed E-state index contributed by atoms with van der Waals surface area (Å²) in [5.74, 6) is 0.154. The number of benzene rings is 2. The number of carbonyl (C=O) groups excluding carboxylic acids is 1. The van der Waals surface area contributed by atoms with Crippen LogP contribution in [0.2, 0.25) is 0 Å². The van der Waals surface area contributed by atoms with Gasteiger partial charge < -0.3 is 5.32 Å². The number of carbonyl (C=O) groups is 1. The summed E-state index contributed by atoms with van der Waals surface area (Å²) >= 11 is 0. The predicted molar refractivity (Wildman–Crippen MR) is 105 cm³/mol. The molecule has 142 valence electrons. The van der Waals surface area contributed by atoms with Gasteiger partial charge in [-0.2, -0.15) is 0 Å². The second-order valence-corrected chi connectivity index (χ2v) is 9.71. The summed E-state index contributed by atoms with van der Waals surface area (Å²) in [6.07, 6.45) is 0.529. The van der Waals surface area contributed by atoms with E-state index in [-0.39, 0.29) is 35.4 Å². The van der Waals surface area contributed by atoms with E-state index in [2.05, 4.69) is 34.5 Å². The van der Waals surface area contributed by atoms with Crippen molar-refractivity contribution in [1.29, 1.82) is 0 Å². The van der Waals surface area contributed by atoms with Gasteiger partial charge in [0.25, 0.3) is 0 Å². The van der Waals surface area contributed by atoms with Gasteiger partial charge in [0.05, 0.1) is 23.5 Å². The minimum atomic E-state index is -2.98. The van der Waals surface area contributed by atoms with E-state index in [9.17, 15) is 13.2 Å².